The molecular formula is C33H27BBr2F4O5. The molecule has 0 spiro atoms. The Morgan fingerprint density at radius 3 is 1.24 bits per heavy atom. The van der Waals surface area contributed by atoms with Crippen molar-refractivity contribution in [1.29, 1.82) is 0 Å². The topological polar surface area (TPSA) is 68.2 Å². The number of methoxy groups -OCH3 is 3. The monoisotopic (exact) mass is 748 g/mol. The second-order valence-electron chi connectivity index (χ2n) is 9.01. The van der Waals surface area contributed by atoms with Crippen molar-refractivity contribution < 1.29 is 41.8 Å². The number of ether oxygens (including phenoxy) is 3. The zero-order chi connectivity index (χ0) is 33.1. The van der Waals surface area contributed by atoms with Gasteiger partial charge >= 0.3 is 7.12 Å². The van der Waals surface area contributed by atoms with Crippen LogP contribution in [0.4, 0.5) is 17.6 Å². The van der Waals surface area contributed by atoms with E-state index >= 15 is 0 Å². The molecule has 0 atom stereocenters. The molecule has 0 saturated carbocycles. The van der Waals surface area contributed by atoms with Gasteiger partial charge < -0.3 is 24.3 Å². The maximum absolute atomic E-state index is 14.4. The summed E-state index contributed by atoms with van der Waals surface area (Å²) in [4.78, 5) is 0. The number of benzene rings is 5. The van der Waals surface area contributed by atoms with Gasteiger partial charge in [-0.05, 0) is 62.2 Å². The lowest BCUT2D eigenvalue weighted by Gasteiger charge is -2.14. The number of hydrogen-bond donors (Lipinski definition) is 2. The third kappa shape index (κ3) is 9.33. The van der Waals surface area contributed by atoms with E-state index in [0.717, 1.165) is 12.1 Å². The van der Waals surface area contributed by atoms with Gasteiger partial charge in [0.05, 0.1) is 30.3 Å². The van der Waals surface area contributed by atoms with Crippen molar-refractivity contribution >= 4 is 44.4 Å². The Balaban J connectivity index is 0.000000217. The van der Waals surface area contributed by atoms with Gasteiger partial charge in [-0.1, -0.05) is 54.6 Å². The van der Waals surface area contributed by atoms with E-state index in [9.17, 15) is 17.6 Å². The van der Waals surface area contributed by atoms with E-state index in [1.165, 1.54) is 33.5 Å². The maximum atomic E-state index is 14.4. The zero-order valence-corrected chi connectivity index (χ0v) is 27.4. The van der Waals surface area contributed by atoms with Gasteiger partial charge in [-0.15, -0.1) is 0 Å². The molecule has 2 N–H and O–H groups in total. The lowest BCUT2D eigenvalue weighted by molar-refractivity contribution is 0.403. The summed E-state index contributed by atoms with van der Waals surface area (Å²) < 4.78 is 69.7. The first-order chi connectivity index (χ1) is 21.5. The van der Waals surface area contributed by atoms with E-state index in [1.54, 1.807) is 72.8 Å². The number of rotatable bonds is 6. The summed E-state index contributed by atoms with van der Waals surface area (Å²) in [5.74, 6) is -0.946. The van der Waals surface area contributed by atoms with Crippen molar-refractivity contribution in [3.8, 4) is 39.5 Å². The fourth-order valence-electron chi connectivity index (χ4n) is 4.07. The van der Waals surface area contributed by atoms with Crippen LogP contribution in [0.3, 0.4) is 0 Å². The Hall–Kier alpha value is -3.84. The van der Waals surface area contributed by atoms with E-state index in [4.69, 9.17) is 24.3 Å². The fraction of sp³-hybridized carbons (Fsp3) is 0.0909. The summed E-state index contributed by atoms with van der Waals surface area (Å²) in [6, 6.07) is 25.4. The first-order valence-electron chi connectivity index (χ1n) is 13.1. The molecule has 0 saturated heterocycles. The SMILES string of the molecule is COc1ccccc1-c1cc(-c2ccccc2OC)c(F)cc1F.COc1ccccc1B(O)O.Fc1cc(F)c(Br)cc1Br. The Morgan fingerprint density at radius 1 is 0.489 bits per heavy atom. The fourth-order valence-corrected chi connectivity index (χ4v) is 5.07. The lowest BCUT2D eigenvalue weighted by Crippen LogP contribution is -2.30. The number of hydrogen-bond acceptors (Lipinski definition) is 5. The van der Waals surface area contributed by atoms with Crippen LogP contribution < -0.4 is 19.7 Å². The normalized spacial score (nSPS) is 10.1. The third-order valence-electron chi connectivity index (χ3n) is 6.23. The van der Waals surface area contributed by atoms with E-state index in [-0.39, 0.29) is 20.1 Å². The molecule has 0 unspecified atom stereocenters. The lowest BCUT2D eigenvalue weighted by atomic mass is 9.80. The van der Waals surface area contributed by atoms with Gasteiger partial charge in [-0.2, -0.15) is 0 Å². The molecule has 0 aromatic heterocycles. The predicted octanol–water partition coefficient (Wildman–Crippen LogP) is 8.18. The molecular weight excluding hydrogens is 723 g/mol. The zero-order valence-electron chi connectivity index (χ0n) is 24.2. The van der Waals surface area contributed by atoms with Crippen LogP contribution >= 0.6 is 31.9 Å². The Morgan fingerprint density at radius 2 is 0.867 bits per heavy atom. The minimum Gasteiger partial charge on any atom is -0.497 e. The van der Waals surface area contributed by atoms with Crippen molar-refractivity contribution in [2.75, 3.05) is 21.3 Å². The highest BCUT2D eigenvalue weighted by molar-refractivity contribution is 9.11. The van der Waals surface area contributed by atoms with Crippen molar-refractivity contribution in [3.05, 3.63) is 129 Å². The number of halogens is 6. The highest BCUT2D eigenvalue weighted by Gasteiger charge is 2.18. The second kappa shape index (κ2) is 17.0. The Bertz CT molecular complexity index is 1620. The molecule has 45 heavy (non-hydrogen) atoms. The maximum Gasteiger partial charge on any atom is 0.492 e. The molecule has 0 amide bonds. The molecule has 0 bridgehead atoms. The second-order valence-corrected chi connectivity index (χ2v) is 10.7. The largest absolute Gasteiger partial charge is 0.497 e. The number of para-hydroxylation sites is 3. The summed E-state index contributed by atoms with van der Waals surface area (Å²) in [5.41, 5.74) is 2.06. The molecule has 0 aliphatic carbocycles. The van der Waals surface area contributed by atoms with Crippen LogP contribution in [0.15, 0.2) is 106 Å². The van der Waals surface area contributed by atoms with Crippen molar-refractivity contribution in [2.24, 2.45) is 0 Å². The van der Waals surface area contributed by atoms with E-state index in [2.05, 4.69) is 31.9 Å². The molecule has 0 aliphatic rings. The molecule has 5 aromatic rings. The van der Waals surface area contributed by atoms with Gasteiger partial charge in [0.25, 0.3) is 0 Å². The summed E-state index contributed by atoms with van der Waals surface area (Å²) in [7, 11) is 3.05. The first-order valence-corrected chi connectivity index (χ1v) is 14.7. The summed E-state index contributed by atoms with van der Waals surface area (Å²) in [5, 5.41) is 17.6. The van der Waals surface area contributed by atoms with Gasteiger partial charge in [-0.3, -0.25) is 0 Å². The smallest absolute Gasteiger partial charge is 0.492 e. The minimum absolute atomic E-state index is 0.251. The van der Waals surface area contributed by atoms with E-state index in [1.807, 2.05) is 0 Å². The molecule has 5 rings (SSSR count). The molecule has 5 aromatic carbocycles. The van der Waals surface area contributed by atoms with Crippen molar-refractivity contribution in [1.82, 2.24) is 0 Å². The molecule has 5 nitrogen and oxygen atoms in total. The quantitative estimate of drug-likeness (QED) is 0.104. The molecule has 0 radical (unpaired) electrons. The summed E-state index contributed by atoms with van der Waals surface area (Å²) in [6.45, 7) is 0. The first kappa shape index (κ1) is 35.6. The molecule has 12 heteroatoms. The molecule has 0 aliphatic heterocycles. The Kier molecular flexibility index (Phi) is 13.5. The van der Waals surface area contributed by atoms with Gasteiger partial charge in [0.2, 0.25) is 0 Å². The van der Waals surface area contributed by atoms with Gasteiger partial charge in [0.1, 0.15) is 40.5 Å². The highest BCUT2D eigenvalue weighted by atomic mass is 79.9. The van der Waals surface area contributed by atoms with E-state index in [0.29, 0.717) is 33.8 Å². The standard InChI is InChI=1S/C20H16F2O2.C7H9BO3.C6H2Br2F2/c1-23-19-9-5-3-7-13(19)15-11-16(18(22)12-17(15)21)14-8-4-6-10-20(14)24-2;1-11-7-5-3-2-4-6(7)8(9)10;7-3-1-4(8)6(10)2-5(3)9/h3-12H,1-2H3;2-5,9-10H,1H3;1-2H. The molecule has 234 valence electrons. The van der Waals surface area contributed by atoms with Crippen LogP contribution in [0.1, 0.15) is 0 Å². The van der Waals surface area contributed by atoms with Crippen molar-refractivity contribution in [3.63, 3.8) is 0 Å². The van der Waals surface area contributed by atoms with E-state index < -0.39 is 30.4 Å². The average Bonchev–Trinajstić information content (AvgIpc) is 3.04. The average molecular weight is 750 g/mol. The third-order valence-corrected chi connectivity index (χ3v) is 7.45. The predicted molar refractivity (Wildman–Crippen MR) is 175 cm³/mol. The van der Waals surface area contributed by atoms with Crippen LogP contribution in [-0.4, -0.2) is 38.5 Å². The van der Waals surface area contributed by atoms with Gasteiger partial charge in [-0.25, -0.2) is 17.6 Å². The molecule has 0 fully saturated rings. The van der Waals surface area contributed by atoms with Gasteiger partial charge in [0, 0.05) is 39.8 Å². The van der Waals surface area contributed by atoms with Crippen LogP contribution in [0, 0.1) is 23.3 Å². The van der Waals surface area contributed by atoms with Crippen LogP contribution in [-0.2, 0) is 0 Å². The Labute approximate surface area is 275 Å². The van der Waals surface area contributed by atoms with Crippen molar-refractivity contribution in [2.45, 2.75) is 0 Å². The summed E-state index contributed by atoms with van der Waals surface area (Å²) in [6.07, 6.45) is 0. The van der Waals surface area contributed by atoms with Crippen LogP contribution in [0.25, 0.3) is 22.3 Å². The van der Waals surface area contributed by atoms with Gasteiger partial charge in [0.15, 0.2) is 0 Å². The highest BCUT2D eigenvalue weighted by Crippen LogP contribution is 2.38. The van der Waals surface area contributed by atoms with Crippen LogP contribution in [0.2, 0.25) is 0 Å². The van der Waals surface area contributed by atoms with Crippen LogP contribution in [0.5, 0.6) is 17.2 Å². The summed E-state index contributed by atoms with van der Waals surface area (Å²) >= 11 is 5.82. The minimum atomic E-state index is -1.47. The molecule has 0 heterocycles.